The Morgan fingerprint density at radius 2 is 1.97 bits per heavy atom. The van der Waals surface area contributed by atoms with Gasteiger partial charge in [-0.1, -0.05) is 18.2 Å². The smallest absolute Gasteiger partial charge is 0.275 e. The number of hydrogen-bond donors (Lipinski definition) is 4. The van der Waals surface area contributed by atoms with Crippen LogP contribution in [0.2, 0.25) is 5.02 Å². The van der Waals surface area contributed by atoms with Crippen molar-refractivity contribution in [3.63, 3.8) is 0 Å². The second-order valence-corrected chi connectivity index (χ2v) is 8.21. The van der Waals surface area contributed by atoms with Gasteiger partial charge in [0.05, 0.1) is 37.0 Å². The summed E-state index contributed by atoms with van der Waals surface area (Å²) in [5.74, 6) is 1.04. The van der Waals surface area contributed by atoms with Crippen molar-refractivity contribution in [3.05, 3.63) is 51.9 Å². The molecule has 0 radical (unpaired) electrons. The van der Waals surface area contributed by atoms with E-state index in [1.54, 1.807) is 25.4 Å². The number of aromatic amines is 1. The van der Waals surface area contributed by atoms with E-state index < -0.39 is 5.56 Å². The number of methoxy groups -OCH3 is 2. The summed E-state index contributed by atoms with van der Waals surface area (Å²) in [5, 5.41) is 10.2. The normalized spacial score (nSPS) is 17.4. The van der Waals surface area contributed by atoms with Crippen LogP contribution >= 0.6 is 11.6 Å². The van der Waals surface area contributed by atoms with Crippen molar-refractivity contribution in [2.45, 2.75) is 19.0 Å². The minimum atomic E-state index is -0.392. The topological polar surface area (TPSA) is 130 Å². The predicted octanol–water partition coefficient (Wildman–Crippen LogP) is 2.02. The number of aromatic nitrogens is 3. The SMILES string of the molecule is C=CC(=O)N[C@H]1CNC[C@H]1Nc1ncc2cc(-c3c(C)c(OC)cc(OC)c3Cl)[nH]c(=O)c2n1. The molecule has 3 heterocycles. The molecule has 1 saturated heterocycles. The zero-order chi connectivity index (χ0) is 24.4. The molecule has 2 atom stereocenters. The summed E-state index contributed by atoms with van der Waals surface area (Å²) in [6.07, 6.45) is 2.80. The molecule has 178 valence electrons. The number of benzene rings is 1. The highest BCUT2D eigenvalue weighted by Gasteiger charge is 2.28. The lowest BCUT2D eigenvalue weighted by atomic mass is 10.0. The molecule has 1 aliphatic rings. The molecule has 11 heteroatoms. The van der Waals surface area contributed by atoms with Crippen molar-refractivity contribution in [2.75, 3.05) is 32.6 Å². The summed E-state index contributed by atoms with van der Waals surface area (Å²) < 4.78 is 10.8. The van der Waals surface area contributed by atoms with Crippen molar-refractivity contribution in [2.24, 2.45) is 0 Å². The monoisotopic (exact) mass is 484 g/mol. The number of halogens is 1. The number of nitrogens with zero attached hydrogens (tertiary/aromatic N) is 2. The minimum Gasteiger partial charge on any atom is -0.496 e. The first-order valence-electron chi connectivity index (χ1n) is 10.6. The van der Waals surface area contributed by atoms with Gasteiger partial charge in [0, 0.05) is 41.9 Å². The van der Waals surface area contributed by atoms with E-state index in [9.17, 15) is 9.59 Å². The van der Waals surface area contributed by atoms with E-state index in [2.05, 4.69) is 37.5 Å². The van der Waals surface area contributed by atoms with Crippen LogP contribution in [0.5, 0.6) is 11.5 Å². The summed E-state index contributed by atoms with van der Waals surface area (Å²) >= 11 is 6.58. The maximum absolute atomic E-state index is 13.0. The third kappa shape index (κ3) is 4.42. The molecule has 1 amide bonds. The van der Waals surface area contributed by atoms with Gasteiger partial charge >= 0.3 is 0 Å². The Morgan fingerprint density at radius 3 is 2.68 bits per heavy atom. The van der Waals surface area contributed by atoms with Crippen molar-refractivity contribution in [1.29, 1.82) is 0 Å². The van der Waals surface area contributed by atoms with Crippen molar-refractivity contribution in [1.82, 2.24) is 25.6 Å². The van der Waals surface area contributed by atoms with Gasteiger partial charge in [-0.25, -0.2) is 9.97 Å². The Bertz CT molecular complexity index is 1300. The number of amides is 1. The molecule has 0 unspecified atom stereocenters. The van der Waals surface area contributed by atoms with Gasteiger partial charge < -0.3 is 30.4 Å². The first-order chi connectivity index (χ1) is 16.4. The van der Waals surface area contributed by atoms with Crippen LogP contribution in [-0.2, 0) is 4.79 Å². The fourth-order valence-corrected chi connectivity index (χ4v) is 4.40. The fraction of sp³-hybridized carbons (Fsp3) is 0.304. The van der Waals surface area contributed by atoms with E-state index in [4.69, 9.17) is 21.1 Å². The van der Waals surface area contributed by atoms with Crippen LogP contribution in [0.25, 0.3) is 22.2 Å². The first kappa shape index (κ1) is 23.5. The zero-order valence-corrected chi connectivity index (χ0v) is 19.7. The summed E-state index contributed by atoms with van der Waals surface area (Å²) in [7, 11) is 3.07. The fourth-order valence-electron chi connectivity index (χ4n) is 4.03. The standard InChI is InChI=1S/C23H25ClN6O4/c1-5-18(31)27-14-9-25-10-15(14)29-23-26-8-12-6-13(28-22(32)21(12)30-23)19-11(2)16(33-3)7-17(34-4)20(19)24/h5-8,14-15,25H,1,9-10H2,2-4H3,(H,27,31)(H,28,32)(H,26,29,30)/t14-,15+/m0/s1. The van der Waals surface area contributed by atoms with E-state index in [-0.39, 0.29) is 29.5 Å². The minimum absolute atomic E-state index is 0.148. The third-order valence-electron chi connectivity index (χ3n) is 5.77. The van der Waals surface area contributed by atoms with Gasteiger partial charge in [-0.3, -0.25) is 9.59 Å². The number of ether oxygens (including phenoxy) is 2. The maximum Gasteiger partial charge on any atom is 0.275 e. The largest absolute Gasteiger partial charge is 0.496 e. The molecule has 10 nitrogen and oxygen atoms in total. The van der Waals surface area contributed by atoms with E-state index in [1.165, 1.54) is 13.2 Å². The van der Waals surface area contributed by atoms with Crippen molar-refractivity contribution >= 4 is 34.4 Å². The molecule has 4 rings (SSSR count). The van der Waals surface area contributed by atoms with Crippen molar-refractivity contribution < 1.29 is 14.3 Å². The van der Waals surface area contributed by atoms with Crippen LogP contribution in [0.3, 0.4) is 0 Å². The number of H-pyrrole nitrogens is 1. The maximum atomic E-state index is 13.0. The van der Waals surface area contributed by atoms with Gasteiger partial charge in [0.15, 0.2) is 0 Å². The Morgan fingerprint density at radius 1 is 1.24 bits per heavy atom. The molecule has 0 spiro atoms. The van der Waals surface area contributed by atoms with Crippen LogP contribution < -0.4 is 31.0 Å². The average Bonchev–Trinajstić information content (AvgIpc) is 3.26. The van der Waals surface area contributed by atoms with Gasteiger partial charge in [-0.15, -0.1) is 0 Å². The number of rotatable bonds is 7. The summed E-state index contributed by atoms with van der Waals surface area (Å²) in [5.41, 5.74) is 1.67. The van der Waals surface area contributed by atoms with E-state index in [1.807, 2.05) is 6.92 Å². The highest BCUT2D eigenvalue weighted by molar-refractivity contribution is 6.35. The third-order valence-corrected chi connectivity index (χ3v) is 6.15. The van der Waals surface area contributed by atoms with Gasteiger partial charge in [-0.2, -0.15) is 0 Å². The van der Waals surface area contributed by atoms with Crippen LogP contribution in [-0.4, -0.2) is 60.3 Å². The number of hydrogen-bond acceptors (Lipinski definition) is 8. The quantitative estimate of drug-likeness (QED) is 0.375. The predicted molar refractivity (Wildman–Crippen MR) is 131 cm³/mol. The number of carbonyl (C=O) groups is 1. The van der Waals surface area contributed by atoms with Gasteiger partial charge in [0.25, 0.3) is 5.56 Å². The summed E-state index contributed by atoms with van der Waals surface area (Å²) in [6, 6.07) is 3.14. The Labute approximate surface area is 200 Å². The molecule has 0 bridgehead atoms. The van der Waals surface area contributed by atoms with Crippen molar-refractivity contribution in [3.8, 4) is 22.8 Å². The molecule has 4 N–H and O–H groups in total. The molecular weight excluding hydrogens is 460 g/mol. The van der Waals surface area contributed by atoms with Gasteiger partial charge in [0.1, 0.15) is 17.0 Å². The lowest BCUT2D eigenvalue weighted by molar-refractivity contribution is -0.117. The zero-order valence-electron chi connectivity index (χ0n) is 19.0. The van der Waals surface area contributed by atoms with Gasteiger partial charge in [0.2, 0.25) is 11.9 Å². The second kappa shape index (κ2) is 9.70. The van der Waals surface area contributed by atoms with E-state index in [0.29, 0.717) is 46.3 Å². The lowest BCUT2D eigenvalue weighted by Crippen LogP contribution is -2.45. The molecule has 1 aliphatic heterocycles. The number of anilines is 1. The number of nitrogens with one attached hydrogen (secondary N) is 4. The molecule has 1 fully saturated rings. The van der Waals surface area contributed by atoms with Crippen LogP contribution in [0.15, 0.2) is 35.8 Å². The number of fused-ring (bicyclic) bond motifs is 1. The Hall–Kier alpha value is -3.63. The summed E-state index contributed by atoms with van der Waals surface area (Å²) in [4.78, 5) is 36.3. The van der Waals surface area contributed by atoms with E-state index in [0.717, 1.165) is 5.56 Å². The molecular formula is C23H25ClN6O4. The molecule has 0 saturated carbocycles. The highest BCUT2D eigenvalue weighted by atomic mass is 35.5. The molecule has 2 aromatic heterocycles. The highest BCUT2D eigenvalue weighted by Crippen LogP contribution is 2.42. The molecule has 1 aromatic carbocycles. The van der Waals surface area contributed by atoms with Crippen LogP contribution in [0.1, 0.15) is 5.56 Å². The Balaban J connectivity index is 1.69. The average molecular weight is 485 g/mol. The molecule has 0 aliphatic carbocycles. The lowest BCUT2D eigenvalue weighted by Gasteiger charge is -2.20. The van der Waals surface area contributed by atoms with Gasteiger partial charge in [-0.05, 0) is 19.1 Å². The number of carbonyl (C=O) groups excluding carboxylic acids is 1. The number of pyridine rings is 1. The van der Waals surface area contributed by atoms with E-state index >= 15 is 0 Å². The second-order valence-electron chi connectivity index (χ2n) is 7.83. The molecule has 34 heavy (non-hydrogen) atoms. The molecule has 3 aromatic rings. The Kier molecular flexibility index (Phi) is 6.71. The summed E-state index contributed by atoms with van der Waals surface area (Å²) in [6.45, 7) is 6.53. The first-order valence-corrected chi connectivity index (χ1v) is 11.0. The van der Waals surface area contributed by atoms with Crippen LogP contribution in [0, 0.1) is 6.92 Å². The van der Waals surface area contributed by atoms with Crippen LogP contribution in [0.4, 0.5) is 5.95 Å².